The molecule has 10 heteroatoms. The molecule has 26 heavy (non-hydrogen) atoms. The number of para-hydroxylation sites is 1. The van der Waals surface area contributed by atoms with Crippen LogP contribution in [0.2, 0.25) is 0 Å². The lowest BCUT2D eigenvalue weighted by atomic mass is 10.1. The van der Waals surface area contributed by atoms with Gasteiger partial charge in [0.05, 0.1) is 10.4 Å². The smallest absolute Gasteiger partial charge is 0.323 e. The van der Waals surface area contributed by atoms with Gasteiger partial charge in [0.1, 0.15) is 5.75 Å². The van der Waals surface area contributed by atoms with Crippen LogP contribution in [0, 0.1) is 24.0 Å². The van der Waals surface area contributed by atoms with Crippen LogP contribution in [0.5, 0.6) is 5.75 Å². The maximum atomic E-state index is 11.9. The molecule has 0 saturated heterocycles. The average molecular weight is 374 g/mol. The highest BCUT2D eigenvalue weighted by Crippen LogP contribution is 2.42. The summed E-state index contributed by atoms with van der Waals surface area (Å²) in [5.74, 6) is -0.656. The lowest BCUT2D eigenvalue weighted by Crippen LogP contribution is -2.18. The zero-order valence-electron chi connectivity index (χ0n) is 13.8. The quantitative estimate of drug-likeness (QED) is 0.533. The van der Waals surface area contributed by atoms with Crippen molar-refractivity contribution in [1.82, 2.24) is 4.57 Å². The minimum absolute atomic E-state index is 0.112. The van der Waals surface area contributed by atoms with E-state index in [1.807, 2.05) is 6.92 Å². The highest BCUT2D eigenvalue weighted by atomic mass is 32.1. The minimum atomic E-state index is -0.960. The molecule has 1 aromatic carbocycles. The second kappa shape index (κ2) is 6.15. The Balaban J connectivity index is 2.36. The second-order valence-electron chi connectivity index (χ2n) is 5.59. The largest absolute Gasteiger partial charge is 0.365 e. The molecule has 0 bridgehead atoms. The number of hydrogen-bond acceptors (Lipinski definition) is 6. The molecular formula is C16H14N4O5S. The third-order valence-electron chi connectivity index (χ3n) is 4.11. The van der Waals surface area contributed by atoms with Gasteiger partial charge in [-0.25, -0.2) is 4.79 Å². The van der Waals surface area contributed by atoms with E-state index >= 15 is 0 Å². The third-order valence-corrected chi connectivity index (χ3v) is 5.56. The van der Waals surface area contributed by atoms with Gasteiger partial charge in [-0.3, -0.25) is 14.2 Å². The molecule has 2 amide bonds. The van der Waals surface area contributed by atoms with Crippen LogP contribution in [0.3, 0.4) is 0 Å². The number of amides is 2. The maximum Gasteiger partial charge on any atom is 0.323 e. The van der Waals surface area contributed by atoms with E-state index in [0.717, 1.165) is 20.6 Å². The van der Waals surface area contributed by atoms with Gasteiger partial charge in [-0.15, -0.1) is 21.5 Å². The maximum absolute atomic E-state index is 11.9. The Kier molecular flexibility index (Phi) is 4.12. The number of nitrogens with zero attached hydrogens (tertiary/aromatic N) is 2. The molecule has 0 aliphatic rings. The molecule has 0 unspecified atom stereocenters. The average Bonchev–Trinajstić information content (AvgIpc) is 3.07. The summed E-state index contributed by atoms with van der Waals surface area (Å²) in [5, 5.41) is 10.3. The lowest BCUT2D eigenvalue weighted by molar-refractivity contribution is -0.710. The summed E-state index contributed by atoms with van der Waals surface area (Å²) in [6.45, 7) is 3.61. The Hall–Kier alpha value is -3.40. The molecule has 0 aliphatic carbocycles. The van der Waals surface area contributed by atoms with E-state index < -0.39 is 17.0 Å². The topological polar surface area (TPSA) is 143 Å². The number of benzene rings is 1. The SMILES string of the molecule is Cc1c(C(N)=O)sc(-c2cn(C(N)=O)c3c(O[N+](=O)[O-])cccc23)c1C. The fraction of sp³-hybridized carbons (Fsp3) is 0.125. The van der Waals surface area contributed by atoms with Gasteiger partial charge >= 0.3 is 6.03 Å². The highest BCUT2D eigenvalue weighted by molar-refractivity contribution is 7.17. The molecule has 0 radical (unpaired) electrons. The van der Waals surface area contributed by atoms with Crippen molar-refractivity contribution in [2.75, 3.05) is 0 Å². The number of aromatic nitrogens is 1. The van der Waals surface area contributed by atoms with E-state index in [-0.39, 0.29) is 11.3 Å². The molecule has 2 heterocycles. The molecule has 0 fully saturated rings. The van der Waals surface area contributed by atoms with Gasteiger partial charge in [-0.05, 0) is 31.0 Å². The van der Waals surface area contributed by atoms with Gasteiger partial charge < -0.3 is 11.5 Å². The first-order valence-corrected chi connectivity index (χ1v) is 8.20. The van der Waals surface area contributed by atoms with Crippen molar-refractivity contribution < 1.29 is 19.5 Å². The van der Waals surface area contributed by atoms with Crippen molar-refractivity contribution in [1.29, 1.82) is 0 Å². The summed E-state index contributed by atoms with van der Waals surface area (Å²) >= 11 is 1.19. The Morgan fingerprint density at radius 3 is 2.46 bits per heavy atom. The predicted molar refractivity (Wildman–Crippen MR) is 95.8 cm³/mol. The number of fused-ring (bicyclic) bond motifs is 1. The van der Waals surface area contributed by atoms with Crippen molar-refractivity contribution in [3.8, 4) is 16.2 Å². The summed E-state index contributed by atoms with van der Waals surface area (Å²) in [7, 11) is 0. The summed E-state index contributed by atoms with van der Waals surface area (Å²) in [4.78, 5) is 40.0. The van der Waals surface area contributed by atoms with E-state index in [0.29, 0.717) is 15.8 Å². The molecular weight excluding hydrogens is 360 g/mol. The van der Waals surface area contributed by atoms with Crippen molar-refractivity contribution in [2.24, 2.45) is 11.5 Å². The first-order valence-electron chi connectivity index (χ1n) is 7.38. The monoisotopic (exact) mass is 374 g/mol. The fourth-order valence-electron chi connectivity index (χ4n) is 2.85. The van der Waals surface area contributed by atoms with Gasteiger partial charge in [0.15, 0.2) is 0 Å². The molecule has 9 nitrogen and oxygen atoms in total. The van der Waals surface area contributed by atoms with E-state index in [4.69, 9.17) is 11.5 Å². The Labute approximate surface area is 150 Å². The molecule has 0 saturated carbocycles. The molecule has 0 spiro atoms. The zero-order chi connectivity index (χ0) is 19.2. The van der Waals surface area contributed by atoms with Crippen molar-refractivity contribution in [3.63, 3.8) is 0 Å². The number of thiophene rings is 1. The summed E-state index contributed by atoms with van der Waals surface area (Å²) in [6.07, 6.45) is 1.48. The van der Waals surface area contributed by atoms with Gasteiger partial charge in [0.25, 0.3) is 11.0 Å². The fourth-order valence-corrected chi connectivity index (χ4v) is 4.04. The van der Waals surface area contributed by atoms with Crippen LogP contribution >= 0.6 is 11.3 Å². The van der Waals surface area contributed by atoms with Crippen LogP contribution in [-0.4, -0.2) is 21.6 Å². The summed E-state index contributed by atoms with van der Waals surface area (Å²) in [6, 6.07) is 3.81. The highest BCUT2D eigenvalue weighted by Gasteiger charge is 2.23. The van der Waals surface area contributed by atoms with Gasteiger partial charge in [0.2, 0.25) is 0 Å². The Bertz CT molecular complexity index is 1080. The van der Waals surface area contributed by atoms with Crippen LogP contribution in [-0.2, 0) is 0 Å². The number of carbonyl (C=O) groups is 2. The van der Waals surface area contributed by atoms with Crippen LogP contribution < -0.4 is 16.3 Å². The second-order valence-corrected chi connectivity index (χ2v) is 6.61. The first-order chi connectivity index (χ1) is 12.2. The molecule has 4 N–H and O–H groups in total. The molecule has 134 valence electrons. The molecule has 0 aliphatic heterocycles. The first kappa shape index (κ1) is 17.4. The normalized spacial score (nSPS) is 10.8. The molecule has 2 aromatic heterocycles. The van der Waals surface area contributed by atoms with Gasteiger partial charge in [-0.2, -0.15) is 0 Å². The number of rotatable bonds is 4. The van der Waals surface area contributed by atoms with E-state index in [1.165, 1.54) is 23.6 Å². The number of hydrogen-bond donors (Lipinski definition) is 2. The Morgan fingerprint density at radius 2 is 1.92 bits per heavy atom. The summed E-state index contributed by atoms with van der Waals surface area (Å²) < 4.78 is 1.09. The third kappa shape index (κ3) is 2.65. The molecule has 3 rings (SSSR count). The van der Waals surface area contributed by atoms with Crippen molar-refractivity contribution >= 4 is 34.2 Å². The van der Waals surface area contributed by atoms with Crippen molar-refractivity contribution in [3.05, 3.63) is 50.5 Å². The minimum Gasteiger partial charge on any atom is -0.365 e. The van der Waals surface area contributed by atoms with E-state index in [1.54, 1.807) is 19.1 Å². The standard InChI is InChI=1S/C16H14N4O5S/c1-7-8(2)14(15(17)21)26-13(7)10-6-19(16(18)22)12-9(10)4-3-5-11(12)25-20(23)24/h3-6H,1-2H3,(H2,17,21)(H2,18,22). The van der Waals surface area contributed by atoms with Crippen molar-refractivity contribution in [2.45, 2.75) is 13.8 Å². The molecule has 3 aromatic rings. The summed E-state index contributed by atoms with van der Waals surface area (Å²) in [5.41, 5.74) is 13.2. The molecule has 0 atom stereocenters. The van der Waals surface area contributed by atoms with Crippen LogP contribution in [0.4, 0.5) is 4.79 Å². The lowest BCUT2D eigenvalue weighted by Gasteiger charge is -2.04. The van der Waals surface area contributed by atoms with Gasteiger partial charge in [0, 0.05) is 22.0 Å². The number of carbonyl (C=O) groups excluding carboxylic acids is 2. The number of nitrogens with two attached hydrogens (primary N) is 2. The number of primary amides is 2. The van der Waals surface area contributed by atoms with Gasteiger partial charge in [-0.1, -0.05) is 12.1 Å². The van der Waals surface area contributed by atoms with E-state index in [2.05, 4.69) is 4.84 Å². The Morgan fingerprint density at radius 1 is 1.23 bits per heavy atom. The zero-order valence-corrected chi connectivity index (χ0v) is 14.6. The van der Waals surface area contributed by atoms with Crippen LogP contribution in [0.25, 0.3) is 21.3 Å². The predicted octanol–water partition coefficient (Wildman–Crippen LogP) is 2.58. The van der Waals surface area contributed by atoms with Crippen LogP contribution in [0.15, 0.2) is 24.4 Å². The van der Waals surface area contributed by atoms with E-state index in [9.17, 15) is 19.7 Å². The van der Waals surface area contributed by atoms with Crippen LogP contribution in [0.1, 0.15) is 20.8 Å².